The molecule has 0 spiro atoms. The van der Waals surface area contributed by atoms with Gasteiger partial charge in [-0.15, -0.1) is 0 Å². The highest BCUT2D eigenvalue weighted by molar-refractivity contribution is 6.35. The van der Waals surface area contributed by atoms with E-state index in [0.29, 0.717) is 6.54 Å². The smallest absolute Gasteiger partial charge is 0.309 e. The molecule has 1 rings (SSSR count). The second-order valence-corrected chi connectivity index (χ2v) is 4.31. The van der Waals surface area contributed by atoms with Crippen LogP contribution < -0.4 is 15.4 Å². The van der Waals surface area contributed by atoms with Crippen molar-refractivity contribution in [1.29, 1.82) is 0 Å². The van der Waals surface area contributed by atoms with Gasteiger partial charge in [-0.1, -0.05) is 19.1 Å². The van der Waals surface area contributed by atoms with Crippen molar-refractivity contribution in [3.05, 3.63) is 29.8 Å². The van der Waals surface area contributed by atoms with E-state index in [0.717, 1.165) is 17.7 Å². The summed E-state index contributed by atoms with van der Waals surface area (Å²) in [6.07, 6.45) is 0.789. The molecule has 0 heterocycles. The van der Waals surface area contributed by atoms with E-state index in [1.54, 1.807) is 19.2 Å². The van der Waals surface area contributed by atoms with E-state index in [4.69, 9.17) is 4.74 Å². The Morgan fingerprint density at radius 1 is 1.21 bits per heavy atom. The zero-order valence-corrected chi connectivity index (χ0v) is 11.5. The first-order valence-electron chi connectivity index (χ1n) is 6.28. The molecular weight excluding hydrogens is 244 g/mol. The second kappa shape index (κ2) is 7.41. The number of benzene rings is 1. The highest BCUT2D eigenvalue weighted by atomic mass is 16.5. The summed E-state index contributed by atoms with van der Waals surface area (Å²) in [4.78, 5) is 23.0. The minimum absolute atomic E-state index is 0.000707. The Hall–Kier alpha value is -2.04. The molecule has 0 saturated carbocycles. The van der Waals surface area contributed by atoms with Crippen LogP contribution in [0.15, 0.2) is 24.3 Å². The van der Waals surface area contributed by atoms with Crippen LogP contribution in [0.4, 0.5) is 0 Å². The van der Waals surface area contributed by atoms with Crippen molar-refractivity contribution in [2.75, 3.05) is 7.11 Å². The molecule has 0 aromatic heterocycles. The molecule has 0 radical (unpaired) electrons. The van der Waals surface area contributed by atoms with E-state index in [1.807, 2.05) is 26.0 Å². The molecular formula is C14H20N2O3. The summed E-state index contributed by atoms with van der Waals surface area (Å²) < 4.78 is 5.04. The van der Waals surface area contributed by atoms with E-state index < -0.39 is 11.8 Å². The Morgan fingerprint density at radius 3 is 2.37 bits per heavy atom. The number of rotatable bonds is 5. The van der Waals surface area contributed by atoms with E-state index in [9.17, 15) is 9.59 Å². The van der Waals surface area contributed by atoms with Gasteiger partial charge in [-0.05, 0) is 31.0 Å². The zero-order valence-electron chi connectivity index (χ0n) is 11.5. The molecule has 1 atom stereocenters. The summed E-state index contributed by atoms with van der Waals surface area (Å²) in [6, 6.07) is 7.29. The van der Waals surface area contributed by atoms with Gasteiger partial charge in [0.15, 0.2) is 0 Å². The third kappa shape index (κ3) is 4.99. The first kappa shape index (κ1) is 15.0. The third-order valence-corrected chi connectivity index (χ3v) is 2.81. The van der Waals surface area contributed by atoms with Crippen molar-refractivity contribution in [3.63, 3.8) is 0 Å². The van der Waals surface area contributed by atoms with Crippen molar-refractivity contribution in [3.8, 4) is 5.75 Å². The van der Waals surface area contributed by atoms with Gasteiger partial charge in [0.25, 0.3) is 0 Å². The minimum Gasteiger partial charge on any atom is -0.497 e. The van der Waals surface area contributed by atoms with Crippen LogP contribution in [0.25, 0.3) is 0 Å². The predicted molar refractivity (Wildman–Crippen MR) is 72.7 cm³/mol. The van der Waals surface area contributed by atoms with Crippen LogP contribution in [0.1, 0.15) is 25.8 Å². The first-order chi connectivity index (χ1) is 9.06. The number of hydrogen-bond donors (Lipinski definition) is 2. The Morgan fingerprint density at radius 2 is 1.84 bits per heavy atom. The number of ether oxygens (including phenoxy) is 1. The van der Waals surface area contributed by atoms with Gasteiger partial charge in [0.2, 0.25) is 0 Å². The summed E-state index contributed by atoms with van der Waals surface area (Å²) in [5.41, 5.74) is 0.908. The Balaban J connectivity index is 2.42. The van der Waals surface area contributed by atoms with Gasteiger partial charge < -0.3 is 15.4 Å². The molecule has 0 aliphatic rings. The largest absolute Gasteiger partial charge is 0.497 e. The van der Waals surface area contributed by atoms with Crippen LogP contribution in [0.3, 0.4) is 0 Å². The van der Waals surface area contributed by atoms with E-state index in [-0.39, 0.29) is 6.04 Å². The van der Waals surface area contributed by atoms with Crippen molar-refractivity contribution < 1.29 is 14.3 Å². The molecule has 5 heteroatoms. The maximum absolute atomic E-state index is 11.5. The fourth-order valence-corrected chi connectivity index (χ4v) is 1.40. The molecule has 0 unspecified atom stereocenters. The molecule has 1 aromatic carbocycles. The minimum atomic E-state index is -0.615. The van der Waals surface area contributed by atoms with E-state index in [2.05, 4.69) is 10.6 Å². The molecule has 0 fully saturated rings. The lowest BCUT2D eigenvalue weighted by atomic mass is 10.2. The van der Waals surface area contributed by atoms with Crippen LogP contribution in [-0.4, -0.2) is 25.0 Å². The molecule has 2 N–H and O–H groups in total. The Kier molecular flexibility index (Phi) is 5.85. The molecule has 0 aliphatic carbocycles. The molecule has 1 aromatic rings. The monoisotopic (exact) mass is 264 g/mol. The van der Waals surface area contributed by atoms with E-state index in [1.165, 1.54) is 0 Å². The lowest BCUT2D eigenvalue weighted by Crippen LogP contribution is -2.43. The van der Waals surface area contributed by atoms with Crippen LogP contribution in [0.2, 0.25) is 0 Å². The van der Waals surface area contributed by atoms with E-state index >= 15 is 0 Å². The maximum atomic E-state index is 11.5. The van der Waals surface area contributed by atoms with Gasteiger partial charge >= 0.3 is 11.8 Å². The standard InChI is InChI=1S/C14H20N2O3/c1-4-10(2)16-14(18)13(17)15-9-11-5-7-12(19-3)8-6-11/h5-8,10H,4,9H2,1-3H3,(H,15,17)(H,16,18)/t10-/m0/s1. The normalized spacial score (nSPS) is 11.5. The van der Waals surface area contributed by atoms with Gasteiger partial charge in [0, 0.05) is 12.6 Å². The molecule has 19 heavy (non-hydrogen) atoms. The summed E-state index contributed by atoms with van der Waals surface area (Å²) in [5, 5.41) is 5.19. The summed E-state index contributed by atoms with van der Waals surface area (Å²) in [6.45, 7) is 4.12. The number of methoxy groups -OCH3 is 1. The SMILES string of the molecule is CC[C@H](C)NC(=O)C(=O)NCc1ccc(OC)cc1. The van der Waals surface area contributed by atoms with Gasteiger partial charge in [0.05, 0.1) is 7.11 Å². The molecule has 0 bridgehead atoms. The number of hydrogen-bond acceptors (Lipinski definition) is 3. The van der Waals surface area contributed by atoms with Gasteiger partial charge in [-0.2, -0.15) is 0 Å². The molecule has 0 aliphatic heterocycles. The average Bonchev–Trinajstić information content (AvgIpc) is 2.44. The highest BCUT2D eigenvalue weighted by Crippen LogP contribution is 2.10. The molecule has 0 saturated heterocycles. The lowest BCUT2D eigenvalue weighted by molar-refractivity contribution is -0.139. The summed E-state index contributed by atoms with van der Waals surface area (Å²) in [7, 11) is 1.59. The van der Waals surface area contributed by atoms with Gasteiger partial charge in [0.1, 0.15) is 5.75 Å². The molecule has 104 valence electrons. The number of amides is 2. The molecule has 5 nitrogen and oxygen atoms in total. The topological polar surface area (TPSA) is 67.4 Å². The number of carbonyl (C=O) groups excluding carboxylic acids is 2. The fraction of sp³-hybridized carbons (Fsp3) is 0.429. The average molecular weight is 264 g/mol. The predicted octanol–water partition coefficient (Wildman–Crippen LogP) is 1.23. The second-order valence-electron chi connectivity index (χ2n) is 4.31. The van der Waals surface area contributed by atoms with Crippen molar-refractivity contribution in [2.24, 2.45) is 0 Å². The quantitative estimate of drug-likeness (QED) is 0.786. The highest BCUT2D eigenvalue weighted by Gasteiger charge is 2.14. The summed E-state index contributed by atoms with van der Waals surface area (Å²) >= 11 is 0. The van der Waals surface area contributed by atoms with Crippen molar-refractivity contribution in [1.82, 2.24) is 10.6 Å². The Labute approximate surface area is 113 Å². The van der Waals surface area contributed by atoms with Crippen LogP contribution in [0.5, 0.6) is 5.75 Å². The first-order valence-corrected chi connectivity index (χ1v) is 6.28. The fourth-order valence-electron chi connectivity index (χ4n) is 1.40. The number of carbonyl (C=O) groups is 2. The molecule has 2 amide bonds. The number of nitrogens with one attached hydrogen (secondary N) is 2. The van der Waals surface area contributed by atoms with Gasteiger partial charge in [-0.3, -0.25) is 9.59 Å². The van der Waals surface area contributed by atoms with Crippen LogP contribution in [0, 0.1) is 0 Å². The van der Waals surface area contributed by atoms with Crippen molar-refractivity contribution in [2.45, 2.75) is 32.9 Å². The van der Waals surface area contributed by atoms with Crippen molar-refractivity contribution >= 4 is 11.8 Å². The lowest BCUT2D eigenvalue weighted by Gasteiger charge is -2.11. The Bertz CT molecular complexity index is 429. The zero-order chi connectivity index (χ0) is 14.3. The van der Waals surface area contributed by atoms with Crippen LogP contribution >= 0.6 is 0 Å². The maximum Gasteiger partial charge on any atom is 0.309 e. The van der Waals surface area contributed by atoms with Gasteiger partial charge in [-0.25, -0.2) is 0 Å². The van der Waals surface area contributed by atoms with Crippen LogP contribution in [-0.2, 0) is 16.1 Å². The summed E-state index contributed by atoms with van der Waals surface area (Å²) in [5.74, 6) is -0.455. The third-order valence-electron chi connectivity index (χ3n) is 2.81.